The van der Waals surface area contributed by atoms with Crippen molar-refractivity contribution >= 4 is 39.8 Å². The highest BCUT2D eigenvalue weighted by atomic mass is 127. The van der Waals surface area contributed by atoms with Crippen molar-refractivity contribution in [3.8, 4) is 0 Å². The number of nitrogens with zero attached hydrogens (tertiary/aromatic N) is 2. The van der Waals surface area contributed by atoms with E-state index in [1.54, 1.807) is 13.1 Å². The molecule has 1 aromatic carbocycles. The normalized spacial score (nSPS) is 17.4. The molecule has 0 radical (unpaired) electrons. The minimum Gasteiger partial charge on any atom is -0.356 e. The Kier molecular flexibility index (Phi) is 9.80. The second-order valence-electron chi connectivity index (χ2n) is 6.24. The molecule has 0 amide bonds. The molecule has 2 rings (SSSR count). The van der Waals surface area contributed by atoms with Gasteiger partial charge in [0.15, 0.2) is 15.8 Å². The molecule has 0 aromatic heterocycles. The van der Waals surface area contributed by atoms with Crippen LogP contribution in [-0.2, 0) is 16.3 Å². The van der Waals surface area contributed by atoms with Crippen LogP contribution in [0, 0.1) is 12.7 Å². The van der Waals surface area contributed by atoms with Crippen LogP contribution in [0.1, 0.15) is 11.1 Å². The predicted molar refractivity (Wildman–Crippen MR) is 115 cm³/mol. The smallest absolute Gasteiger partial charge is 0.191 e. The molecule has 1 fully saturated rings. The first-order chi connectivity index (χ1) is 11.9. The van der Waals surface area contributed by atoms with Gasteiger partial charge in [-0.25, -0.2) is 12.8 Å². The Hall–Kier alpha value is -0.940. The molecule has 26 heavy (non-hydrogen) atoms. The fraction of sp³-hybridized carbons (Fsp3) is 0.588. The summed E-state index contributed by atoms with van der Waals surface area (Å²) in [5.41, 5.74) is 2.06. The van der Waals surface area contributed by atoms with Gasteiger partial charge >= 0.3 is 0 Å². The summed E-state index contributed by atoms with van der Waals surface area (Å²) in [5.74, 6) is 0.996. The van der Waals surface area contributed by atoms with Crippen LogP contribution in [0.4, 0.5) is 4.39 Å². The molecule has 0 atom stereocenters. The molecular formula is C17H28FIN4O2S. The lowest BCUT2D eigenvalue weighted by molar-refractivity contribution is 0.299. The Morgan fingerprint density at radius 3 is 2.50 bits per heavy atom. The molecule has 0 aliphatic carbocycles. The largest absolute Gasteiger partial charge is 0.356 e. The Balaban J connectivity index is 0.00000338. The average Bonchev–Trinajstić information content (AvgIpc) is 2.56. The summed E-state index contributed by atoms with van der Waals surface area (Å²) >= 11 is 0. The average molecular weight is 498 g/mol. The van der Waals surface area contributed by atoms with E-state index in [2.05, 4.69) is 20.5 Å². The number of aryl methyl sites for hydroxylation is 1. The quantitative estimate of drug-likeness (QED) is 0.350. The first kappa shape index (κ1) is 23.1. The fourth-order valence-corrected chi connectivity index (χ4v) is 4.06. The molecule has 1 heterocycles. The van der Waals surface area contributed by atoms with Gasteiger partial charge in [0.05, 0.1) is 11.5 Å². The number of guanidine groups is 1. The van der Waals surface area contributed by atoms with E-state index in [-0.39, 0.29) is 41.3 Å². The van der Waals surface area contributed by atoms with E-state index in [1.807, 2.05) is 13.0 Å². The summed E-state index contributed by atoms with van der Waals surface area (Å²) < 4.78 is 35.9. The van der Waals surface area contributed by atoms with Crippen LogP contribution in [0.5, 0.6) is 0 Å². The predicted octanol–water partition coefficient (Wildman–Crippen LogP) is 1.19. The van der Waals surface area contributed by atoms with Gasteiger partial charge in [0, 0.05) is 39.8 Å². The topological polar surface area (TPSA) is 73.8 Å². The highest BCUT2D eigenvalue weighted by molar-refractivity contribution is 14.0. The van der Waals surface area contributed by atoms with Crippen LogP contribution in [0.15, 0.2) is 23.2 Å². The van der Waals surface area contributed by atoms with E-state index in [9.17, 15) is 12.8 Å². The van der Waals surface area contributed by atoms with E-state index < -0.39 is 9.84 Å². The lowest BCUT2D eigenvalue weighted by Gasteiger charge is -2.26. The molecule has 2 N–H and O–H groups in total. The molecule has 6 nitrogen and oxygen atoms in total. The SMILES string of the molecule is CN=C(NCCc1ccc(F)cc1C)NCCN1CCS(=O)(=O)CC1.I. The van der Waals surface area contributed by atoms with Gasteiger partial charge in [-0.15, -0.1) is 24.0 Å². The van der Waals surface area contributed by atoms with Crippen molar-refractivity contribution in [1.82, 2.24) is 15.5 Å². The standard InChI is InChI=1S/C17H27FN4O2S.HI/c1-14-13-16(18)4-3-15(14)5-6-20-17(19-2)21-7-8-22-9-11-25(23,24)12-10-22;/h3-4,13H,5-12H2,1-2H3,(H2,19,20,21);1H. The third-order valence-electron chi connectivity index (χ3n) is 4.37. The van der Waals surface area contributed by atoms with Crippen molar-refractivity contribution in [3.05, 3.63) is 35.1 Å². The van der Waals surface area contributed by atoms with Gasteiger partial charge in [0.25, 0.3) is 0 Å². The van der Waals surface area contributed by atoms with Gasteiger partial charge in [-0.1, -0.05) is 6.07 Å². The maximum atomic E-state index is 13.1. The van der Waals surface area contributed by atoms with Gasteiger partial charge < -0.3 is 10.6 Å². The summed E-state index contributed by atoms with van der Waals surface area (Å²) in [5, 5.41) is 6.48. The van der Waals surface area contributed by atoms with Gasteiger partial charge in [-0.05, 0) is 36.6 Å². The molecule has 148 valence electrons. The zero-order valence-corrected chi connectivity index (χ0v) is 18.4. The van der Waals surface area contributed by atoms with Gasteiger partial charge in [0.2, 0.25) is 0 Å². The van der Waals surface area contributed by atoms with Crippen molar-refractivity contribution in [2.24, 2.45) is 4.99 Å². The minimum atomic E-state index is -2.83. The Morgan fingerprint density at radius 2 is 1.88 bits per heavy atom. The molecule has 9 heteroatoms. The zero-order valence-electron chi connectivity index (χ0n) is 15.3. The highest BCUT2D eigenvalue weighted by Crippen LogP contribution is 2.10. The van der Waals surface area contributed by atoms with Crippen LogP contribution in [0.3, 0.4) is 0 Å². The molecule has 1 aliphatic rings. The Morgan fingerprint density at radius 1 is 1.23 bits per heavy atom. The van der Waals surface area contributed by atoms with Crippen molar-refractivity contribution in [3.63, 3.8) is 0 Å². The van der Waals surface area contributed by atoms with Crippen molar-refractivity contribution in [1.29, 1.82) is 0 Å². The first-order valence-electron chi connectivity index (χ1n) is 8.52. The van der Waals surface area contributed by atoms with E-state index in [4.69, 9.17) is 0 Å². The van der Waals surface area contributed by atoms with Crippen molar-refractivity contribution < 1.29 is 12.8 Å². The van der Waals surface area contributed by atoms with E-state index in [0.717, 1.165) is 24.1 Å². The van der Waals surface area contributed by atoms with Crippen LogP contribution in [0.2, 0.25) is 0 Å². The Labute approximate surface area is 172 Å². The molecule has 0 spiro atoms. The van der Waals surface area contributed by atoms with Gasteiger partial charge in [-0.3, -0.25) is 9.89 Å². The van der Waals surface area contributed by atoms with Crippen LogP contribution in [0.25, 0.3) is 0 Å². The number of sulfone groups is 1. The maximum absolute atomic E-state index is 13.1. The monoisotopic (exact) mass is 498 g/mol. The third kappa shape index (κ3) is 7.75. The number of nitrogens with one attached hydrogen (secondary N) is 2. The number of rotatable bonds is 6. The van der Waals surface area contributed by atoms with Gasteiger partial charge in [0.1, 0.15) is 5.82 Å². The number of benzene rings is 1. The summed E-state index contributed by atoms with van der Waals surface area (Å²) in [6.07, 6.45) is 0.788. The number of aliphatic imine (C=N–C) groups is 1. The van der Waals surface area contributed by atoms with Crippen LogP contribution in [-0.4, -0.2) is 70.6 Å². The molecule has 1 saturated heterocycles. The molecule has 1 aromatic rings. The number of hydrogen-bond donors (Lipinski definition) is 2. The zero-order chi connectivity index (χ0) is 18.3. The van der Waals surface area contributed by atoms with Gasteiger partial charge in [-0.2, -0.15) is 0 Å². The molecule has 0 unspecified atom stereocenters. The van der Waals surface area contributed by atoms with Crippen molar-refractivity contribution in [2.75, 3.05) is 51.3 Å². The second kappa shape index (κ2) is 11.0. The second-order valence-corrected chi connectivity index (χ2v) is 8.54. The van der Waals surface area contributed by atoms with Crippen LogP contribution < -0.4 is 10.6 Å². The maximum Gasteiger partial charge on any atom is 0.191 e. The lowest BCUT2D eigenvalue weighted by atomic mass is 10.1. The Bertz CT molecular complexity index is 699. The summed E-state index contributed by atoms with van der Waals surface area (Å²) in [6.45, 7) is 5.29. The van der Waals surface area contributed by atoms with E-state index >= 15 is 0 Å². The fourth-order valence-electron chi connectivity index (χ4n) is 2.78. The minimum absolute atomic E-state index is 0. The molecule has 1 aliphatic heterocycles. The molecule has 0 saturated carbocycles. The molecular weight excluding hydrogens is 470 g/mol. The number of halogens is 2. The lowest BCUT2D eigenvalue weighted by Crippen LogP contribution is -2.46. The van der Waals surface area contributed by atoms with E-state index in [1.165, 1.54) is 6.07 Å². The van der Waals surface area contributed by atoms with E-state index in [0.29, 0.717) is 32.1 Å². The summed E-state index contributed by atoms with van der Waals surface area (Å²) in [7, 11) is -1.11. The van der Waals surface area contributed by atoms with Crippen molar-refractivity contribution in [2.45, 2.75) is 13.3 Å². The van der Waals surface area contributed by atoms with Crippen LogP contribution >= 0.6 is 24.0 Å². The number of hydrogen-bond acceptors (Lipinski definition) is 4. The third-order valence-corrected chi connectivity index (χ3v) is 5.98. The molecule has 0 bridgehead atoms. The highest BCUT2D eigenvalue weighted by Gasteiger charge is 2.20. The summed E-state index contributed by atoms with van der Waals surface area (Å²) in [4.78, 5) is 6.32. The first-order valence-corrected chi connectivity index (χ1v) is 10.3. The summed E-state index contributed by atoms with van der Waals surface area (Å²) in [6, 6.07) is 4.84.